The van der Waals surface area contributed by atoms with Crippen LogP contribution in [0.25, 0.3) is 0 Å². The van der Waals surface area contributed by atoms with Crippen molar-refractivity contribution in [1.29, 1.82) is 0 Å². The highest BCUT2D eigenvalue weighted by molar-refractivity contribution is 8.00. The van der Waals surface area contributed by atoms with Crippen molar-refractivity contribution in [2.75, 3.05) is 19.0 Å². The van der Waals surface area contributed by atoms with Gasteiger partial charge >= 0.3 is 5.97 Å². The Hall–Kier alpha value is -1.54. The van der Waals surface area contributed by atoms with E-state index in [1.165, 1.54) is 36.5 Å². The van der Waals surface area contributed by atoms with Gasteiger partial charge in [-0.1, -0.05) is 30.0 Å². The van der Waals surface area contributed by atoms with Crippen LogP contribution in [0.2, 0.25) is 0 Å². The van der Waals surface area contributed by atoms with Gasteiger partial charge in [-0.3, -0.25) is 0 Å². The van der Waals surface area contributed by atoms with E-state index in [2.05, 4.69) is 22.4 Å². The van der Waals surface area contributed by atoms with E-state index in [1.54, 1.807) is 6.07 Å². The molecule has 6 nitrogen and oxygen atoms in total. The number of hydrogen-bond donors (Lipinski definition) is 1. The van der Waals surface area contributed by atoms with Gasteiger partial charge in [0.25, 0.3) is 0 Å². The molecule has 2 aromatic heterocycles. The van der Waals surface area contributed by atoms with Gasteiger partial charge < -0.3 is 14.5 Å². The highest BCUT2D eigenvalue weighted by Gasteiger charge is 2.16. The summed E-state index contributed by atoms with van der Waals surface area (Å²) >= 11 is 2.96. The maximum atomic E-state index is 11.5. The Balaban J connectivity index is 1.93. The minimum absolute atomic E-state index is 0.392. The molecule has 0 aliphatic rings. The van der Waals surface area contributed by atoms with Crippen molar-refractivity contribution in [3.63, 3.8) is 0 Å². The van der Waals surface area contributed by atoms with E-state index in [9.17, 15) is 4.79 Å². The number of carbonyl (C=O) groups is 1. The Morgan fingerprint density at radius 1 is 1.55 bits per heavy atom. The zero-order valence-electron chi connectivity index (χ0n) is 11.2. The van der Waals surface area contributed by atoms with Crippen molar-refractivity contribution in [3.8, 4) is 0 Å². The number of aromatic nitrogens is 2. The minimum Gasteiger partial charge on any atom is -0.468 e. The summed E-state index contributed by atoms with van der Waals surface area (Å²) in [5, 5.41) is 12.1. The van der Waals surface area contributed by atoms with E-state index in [0.717, 1.165) is 22.4 Å². The van der Waals surface area contributed by atoms with Crippen LogP contribution in [0.5, 0.6) is 0 Å². The fourth-order valence-corrected chi connectivity index (χ4v) is 3.17. The van der Waals surface area contributed by atoms with E-state index in [1.807, 2.05) is 0 Å². The molecule has 0 amide bonds. The summed E-state index contributed by atoms with van der Waals surface area (Å²) in [5.41, 5.74) is 0.453. The Bertz CT molecular complexity index is 568. The number of nitrogens with one attached hydrogen (secondary N) is 1. The first kappa shape index (κ1) is 14.9. The fourth-order valence-electron chi connectivity index (χ4n) is 1.44. The Morgan fingerprint density at radius 2 is 2.40 bits per heavy atom. The summed E-state index contributed by atoms with van der Waals surface area (Å²) < 4.78 is 10.8. The summed E-state index contributed by atoms with van der Waals surface area (Å²) in [5.74, 6) is 0.705. The van der Waals surface area contributed by atoms with Crippen LogP contribution in [0.3, 0.4) is 0 Å². The third-order valence-electron chi connectivity index (χ3n) is 2.41. The maximum Gasteiger partial charge on any atom is 0.341 e. The van der Waals surface area contributed by atoms with Gasteiger partial charge in [0.05, 0.1) is 19.1 Å². The third-order valence-corrected chi connectivity index (χ3v) is 4.42. The van der Waals surface area contributed by atoms with E-state index in [0.29, 0.717) is 17.1 Å². The van der Waals surface area contributed by atoms with Crippen LogP contribution in [0.15, 0.2) is 21.1 Å². The number of esters is 1. The summed E-state index contributed by atoms with van der Waals surface area (Å²) in [6.45, 7) is 2.97. The normalized spacial score (nSPS) is 10.5. The minimum atomic E-state index is -0.392. The molecule has 2 aromatic rings. The van der Waals surface area contributed by atoms with Crippen LogP contribution in [-0.2, 0) is 10.5 Å². The SMILES string of the molecule is CCCNc1nnc(SCc2occc2C(=O)OC)s1. The summed E-state index contributed by atoms with van der Waals surface area (Å²) in [4.78, 5) is 11.5. The molecule has 2 rings (SSSR count). The molecule has 8 heteroatoms. The lowest BCUT2D eigenvalue weighted by Crippen LogP contribution is -2.02. The van der Waals surface area contributed by atoms with Crippen molar-refractivity contribution in [2.24, 2.45) is 0 Å². The molecule has 0 aromatic carbocycles. The molecule has 2 heterocycles. The number of ether oxygens (including phenoxy) is 1. The van der Waals surface area contributed by atoms with Gasteiger partial charge in [-0.2, -0.15) is 0 Å². The van der Waals surface area contributed by atoms with Crippen molar-refractivity contribution in [1.82, 2.24) is 10.2 Å². The molecule has 0 aliphatic heterocycles. The molecule has 20 heavy (non-hydrogen) atoms. The van der Waals surface area contributed by atoms with E-state index in [4.69, 9.17) is 9.15 Å². The van der Waals surface area contributed by atoms with Gasteiger partial charge in [0.15, 0.2) is 4.34 Å². The Kier molecular flexibility index (Phi) is 5.42. The molecule has 108 valence electrons. The second-order valence-corrected chi connectivity index (χ2v) is 6.04. The number of carbonyl (C=O) groups excluding carboxylic acids is 1. The maximum absolute atomic E-state index is 11.5. The molecule has 1 N–H and O–H groups in total. The van der Waals surface area contributed by atoms with Crippen molar-refractivity contribution in [3.05, 3.63) is 23.7 Å². The number of anilines is 1. The second-order valence-electron chi connectivity index (χ2n) is 3.84. The van der Waals surface area contributed by atoms with Crippen LogP contribution >= 0.6 is 23.1 Å². The van der Waals surface area contributed by atoms with E-state index < -0.39 is 5.97 Å². The summed E-state index contributed by atoms with van der Waals surface area (Å²) in [7, 11) is 1.35. The zero-order chi connectivity index (χ0) is 14.4. The molecule has 0 radical (unpaired) electrons. The van der Waals surface area contributed by atoms with Gasteiger partial charge in [-0.15, -0.1) is 10.2 Å². The molecule has 0 atom stereocenters. The van der Waals surface area contributed by atoms with Crippen LogP contribution in [0.1, 0.15) is 29.5 Å². The van der Waals surface area contributed by atoms with E-state index in [-0.39, 0.29) is 0 Å². The van der Waals surface area contributed by atoms with Crippen LogP contribution in [0.4, 0.5) is 5.13 Å². The first-order valence-corrected chi connectivity index (χ1v) is 7.89. The first-order chi connectivity index (χ1) is 9.74. The lowest BCUT2D eigenvalue weighted by atomic mass is 10.3. The smallest absolute Gasteiger partial charge is 0.341 e. The van der Waals surface area contributed by atoms with Crippen LogP contribution in [-0.4, -0.2) is 29.8 Å². The van der Waals surface area contributed by atoms with Gasteiger partial charge in [-0.25, -0.2) is 4.79 Å². The number of nitrogens with zero attached hydrogens (tertiary/aromatic N) is 2. The van der Waals surface area contributed by atoms with Gasteiger partial charge in [0.2, 0.25) is 5.13 Å². The molecule has 0 bridgehead atoms. The third kappa shape index (κ3) is 3.73. The lowest BCUT2D eigenvalue weighted by Gasteiger charge is -1.99. The summed E-state index contributed by atoms with van der Waals surface area (Å²) in [6.07, 6.45) is 2.52. The van der Waals surface area contributed by atoms with Crippen LogP contribution in [0, 0.1) is 0 Å². The number of thioether (sulfide) groups is 1. The quantitative estimate of drug-likeness (QED) is 0.622. The number of hydrogen-bond acceptors (Lipinski definition) is 8. The molecule has 0 unspecified atom stereocenters. The zero-order valence-corrected chi connectivity index (χ0v) is 12.8. The molecule has 0 aliphatic carbocycles. The Labute approximate surface area is 124 Å². The van der Waals surface area contributed by atoms with Crippen molar-refractivity contribution < 1.29 is 13.9 Å². The highest BCUT2D eigenvalue weighted by Crippen LogP contribution is 2.29. The lowest BCUT2D eigenvalue weighted by molar-refractivity contribution is 0.0598. The van der Waals surface area contributed by atoms with Crippen molar-refractivity contribution >= 4 is 34.2 Å². The summed E-state index contributed by atoms with van der Waals surface area (Å²) in [6, 6.07) is 1.61. The number of rotatable bonds is 7. The predicted octanol–water partition coefficient (Wildman–Crippen LogP) is 3.03. The largest absolute Gasteiger partial charge is 0.468 e. The molecular weight excluding hydrogens is 298 g/mol. The average molecular weight is 313 g/mol. The molecular formula is C12H15N3O3S2. The molecule has 0 saturated carbocycles. The predicted molar refractivity (Wildman–Crippen MR) is 78.3 cm³/mol. The van der Waals surface area contributed by atoms with E-state index >= 15 is 0 Å². The Morgan fingerprint density at radius 3 is 3.15 bits per heavy atom. The van der Waals surface area contributed by atoms with Gasteiger partial charge in [-0.05, 0) is 12.5 Å². The number of furan rings is 1. The molecule has 0 spiro atoms. The van der Waals surface area contributed by atoms with Gasteiger partial charge in [0, 0.05) is 6.54 Å². The average Bonchev–Trinajstić information content (AvgIpc) is 3.10. The van der Waals surface area contributed by atoms with Crippen molar-refractivity contribution in [2.45, 2.75) is 23.4 Å². The fraction of sp³-hybridized carbons (Fsp3) is 0.417. The molecule has 0 saturated heterocycles. The second kappa shape index (κ2) is 7.30. The topological polar surface area (TPSA) is 77.3 Å². The highest BCUT2D eigenvalue weighted by atomic mass is 32.2. The van der Waals surface area contributed by atoms with Gasteiger partial charge in [0.1, 0.15) is 11.3 Å². The standard InChI is InChI=1S/C12H15N3O3S2/c1-3-5-13-11-14-15-12(20-11)19-7-9-8(4-6-18-9)10(16)17-2/h4,6H,3,5,7H2,1-2H3,(H,13,14). The molecule has 0 fully saturated rings. The monoisotopic (exact) mass is 313 g/mol. The number of methoxy groups -OCH3 is 1. The van der Waals surface area contributed by atoms with Crippen LogP contribution < -0.4 is 5.32 Å². The first-order valence-electron chi connectivity index (χ1n) is 6.09.